The van der Waals surface area contributed by atoms with Crippen LogP contribution in [0.25, 0.3) is 0 Å². The molecule has 1 N–H and O–H groups in total. The molecule has 0 atom stereocenters. The van der Waals surface area contributed by atoms with E-state index in [4.69, 9.17) is 0 Å². The van der Waals surface area contributed by atoms with Crippen molar-refractivity contribution in [3.63, 3.8) is 0 Å². The van der Waals surface area contributed by atoms with Gasteiger partial charge in [0.05, 0.1) is 4.92 Å². The Hall–Kier alpha value is -2.43. The zero-order valence-electron chi connectivity index (χ0n) is 11.1. The second kappa shape index (κ2) is 6.14. The highest BCUT2D eigenvalue weighted by molar-refractivity contribution is 5.62. The molecule has 0 bridgehead atoms. The molecule has 0 aromatic heterocycles. The zero-order valence-corrected chi connectivity index (χ0v) is 11.1. The van der Waals surface area contributed by atoms with Gasteiger partial charge in [0, 0.05) is 12.6 Å². The summed E-state index contributed by atoms with van der Waals surface area (Å²) in [6.07, 6.45) is 0.672. The van der Waals surface area contributed by atoms with Gasteiger partial charge in [0.25, 0.3) is 5.69 Å². The van der Waals surface area contributed by atoms with Gasteiger partial charge >= 0.3 is 0 Å². The lowest BCUT2D eigenvalue weighted by Gasteiger charge is -2.08. The summed E-state index contributed by atoms with van der Waals surface area (Å²) in [5, 5.41) is 14.0. The van der Waals surface area contributed by atoms with Crippen LogP contribution in [0.15, 0.2) is 42.5 Å². The lowest BCUT2D eigenvalue weighted by molar-refractivity contribution is -0.384. The molecule has 0 aliphatic carbocycles. The van der Waals surface area contributed by atoms with Crippen LogP contribution in [0.3, 0.4) is 0 Å². The van der Waals surface area contributed by atoms with E-state index in [-0.39, 0.29) is 11.5 Å². The van der Waals surface area contributed by atoms with Crippen molar-refractivity contribution in [3.05, 3.63) is 69.5 Å². The Morgan fingerprint density at radius 1 is 1.20 bits per heavy atom. The molecule has 0 saturated heterocycles. The molecule has 2 aromatic rings. The number of nitrogens with zero attached hydrogens (tertiary/aromatic N) is 1. The van der Waals surface area contributed by atoms with Gasteiger partial charge in [-0.25, -0.2) is 4.39 Å². The van der Waals surface area contributed by atoms with Gasteiger partial charge < -0.3 is 5.32 Å². The van der Waals surface area contributed by atoms with E-state index in [0.29, 0.717) is 18.7 Å². The van der Waals surface area contributed by atoms with Crippen LogP contribution in [0.2, 0.25) is 0 Å². The van der Waals surface area contributed by atoms with Crippen LogP contribution in [-0.4, -0.2) is 11.5 Å². The number of hydrogen-bond donors (Lipinski definition) is 1. The molecule has 2 aromatic carbocycles. The van der Waals surface area contributed by atoms with Crippen LogP contribution in [-0.2, 0) is 6.42 Å². The molecular formula is C15H15FN2O2. The number of aryl methyl sites for hydroxylation is 1. The second-order valence-corrected chi connectivity index (χ2v) is 4.58. The first-order valence-corrected chi connectivity index (χ1v) is 6.29. The fourth-order valence-electron chi connectivity index (χ4n) is 1.93. The minimum atomic E-state index is -0.396. The predicted molar refractivity (Wildman–Crippen MR) is 76.4 cm³/mol. The lowest BCUT2D eigenvalue weighted by Crippen LogP contribution is -2.07. The maximum Gasteiger partial charge on any atom is 0.292 e. The summed E-state index contributed by atoms with van der Waals surface area (Å²) in [5.74, 6) is -0.268. The van der Waals surface area contributed by atoms with Crippen molar-refractivity contribution in [1.29, 1.82) is 0 Å². The van der Waals surface area contributed by atoms with Gasteiger partial charge in [-0.3, -0.25) is 10.1 Å². The van der Waals surface area contributed by atoms with Crippen molar-refractivity contribution < 1.29 is 9.31 Å². The van der Waals surface area contributed by atoms with E-state index in [1.54, 1.807) is 24.3 Å². The van der Waals surface area contributed by atoms with Crippen LogP contribution < -0.4 is 5.32 Å². The van der Waals surface area contributed by atoms with E-state index in [1.165, 1.54) is 12.1 Å². The molecule has 0 fully saturated rings. The topological polar surface area (TPSA) is 55.2 Å². The lowest BCUT2D eigenvalue weighted by atomic mass is 10.1. The van der Waals surface area contributed by atoms with Crippen molar-refractivity contribution in [2.75, 3.05) is 11.9 Å². The molecule has 20 heavy (non-hydrogen) atoms. The molecule has 0 heterocycles. The van der Waals surface area contributed by atoms with Gasteiger partial charge in [-0.2, -0.15) is 0 Å². The standard InChI is InChI=1S/C15H15FN2O2/c1-11-2-7-14(15(10-11)18(19)20)17-9-8-12-3-5-13(16)6-4-12/h2-7,10,17H,8-9H2,1H3. The summed E-state index contributed by atoms with van der Waals surface area (Å²) in [5.41, 5.74) is 2.40. The van der Waals surface area contributed by atoms with Crippen LogP contribution in [0, 0.1) is 22.9 Å². The highest BCUT2D eigenvalue weighted by Gasteiger charge is 2.12. The minimum Gasteiger partial charge on any atom is -0.379 e. The maximum atomic E-state index is 12.8. The summed E-state index contributed by atoms with van der Waals surface area (Å²) >= 11 is 0. The highest BCUT2D eigenvalue weighted by atomic mass is 19.1. The van der Waals surface area contributed by atoms with Crippen molar-refractivity contribution in [2.45, 2.75) is 13.3 Å². The number of anilines is 1. The number of nitro benzene ring substituents is 1. The van der Waals surface area contributed by atoms with Crippen LogP contribution in [0.5, 0.6) is 0 Å². The third-order valence-electron chi connectivity index (χ3n) is 2.99. The van der Waals surface area contributed by atoms with Gasteiger partial charge in [0.2, 0.25) is 0 Å². The Balaban J connectivity index is 2.00. The Labute approximate surface area is 116 Å². The number of rotatable bonds is 5. The molecule has 0 spiro atoms. The molecule has 0 radical (unpaired) electrons. The fraction of sp³-hybridized carbons (Fsp3) is 0.200. The van der Waals surface area contributed by atoms with Crippen LogP contribution >= 0.6 is 0 Å². The van der Waals surface area contributed by atoms with Gasteiger partial charge in [0.15, 0.2) is 0 Å². The van der Waals surface area contributed by atoms with E-state index >= 15 is 0 Å². The Kier molecular flexibility index (Phi) is 4.30. The van der Waals surface area contributed by atoms with Crippen molar-refractivity contribution in [2.24, 2.45) is 0 Å². The molecule has 104 valence electrons. The molecule has 4 nitrogen and oxygen atoms in total. The molecule has 0 saturated carbocycles. The average Bonchev–Trinajstić information content (AvgIpc) is 2.42. The molecule has 0 aliphatic heterocycles. The van der Waals surface area contributed by atoms with E-state index in [2.05, 4.69) is 5.32 Å². The van der Waals surface area contributed by atoms with Gasteiger partial charge in [-0.15, -0.1) is 0 Å². The van der Waals surface area contributed by atoms with Crippen molar-refractivity contribution >= 4 is 11.4 Å². The predicted octanol–water partition coefficient (Wildman–Crippen LogP) is 3.70. The molecular weight excluding hydrogens is 259 g/mol. The minimum absolute atomic E-state index is 0.0732. The Morgan fingerprint density at radius 2 is 1.90 bits per heavy atom. The Morgan fingerprint density at radius 3 is 2.55 bits per heavy atom. The molecule has 0 amide bonds. The molecule has 5 heteroatoms. The maximum absolute atomic E-state index is 12.8. The summed E-state index contributed by atoms with van der Waals surface area (Å²) in [6.45, 7) is 2.37. The second-order valence-electron chi connectivity index (χ2n) is 4.58. The number of nitro groups is 1. The largest absolute Gasteiger partial charge is 0.379 e. The monoisotopic (exact) mass is 274 g/mol. The average molecular weight is 274 g/mol. The van der Waals surface area contributed by atoms with E-state index in [1.807, 2.05) is 13.0 Å². The number of benzene rings is 2. The van der Waals surface area contributed by atoms with E-state index < -0.39 is 4.92 Å². The van der Waals surface area contributed by atoms with Crippen molar-refractivity contribution in [1.82, 2.24) is 0 Å². The van der Waals surface area contributed by atoms with Crippen LogP contribution in [0.4, 0.5) is 15.8 Å². The first kappa shape index (κ1) is 14.0. The van der Waals surface area contributed by atoms with Crippen LogP contribution in [0.1, 0.15) is 11.1 Å². The first-order chi connectivity index (χ1) is 9.56. The van der Waals surface area contributed by atoms with E-state index in [0.717, 1.165) is 11.1 Å². The summed E-state index contributed by atoms with van der Waals surface area (Å²) in [4.78, 5) is 10.6. The van der Waals surface area contributed by atoms with Crippen molar-refractivity contribution in [3.8, 4) is 0 Å². The van der Waals surface area contributed by atoms with Gasteiger partial charge in [0.1, 0.15) is 11.5 Å². The molecule has 2 rings (SSSR count). The number of halogens is 1. The summed E-state index contributed by atoms with van der Waals surface area (Å²) < 4.78 is 12.8. The SMILES string of the molecule is Cc1ccc(NCCc2ccc(F)cc2)c([N+](=O)[O-])c1. The zero-order chi connectivity index (χ0) is 14.5. The Bertz CT molecular complexity index is 612. The highest BCUT2D eigenvalue weighted by Crippen LogP contribution is 2.25. The number of nitrogens with one attached hydrogen (secondary N) is 1. The van der Waals surface area contributed by atoms with Gasteiger partial charge in [-0.1, -0.05) is 18.2 Å². The fourth-order valence-corrected chi connectivity index (χ4v) is 1.93. The normalized spacial score (nSPS) is 10.3. The first-order valence-electron chi connectivity index (χ1n) is 6.29. The third-order valence-corrected chi connectivity index (χ3v) is 2.99. The number of hydrogen-bond acceptors (Lipinski definition) is 3. The molecule has 0 aliphatic rings. The summed E-state index contributed by atoms with van der Waals surface area (Å²) in [6, 6.07) is 11.3. The smallest absolute Gasteiger partial charge is 0.292 e. The van der Waals surface area contributed by atoms with Gasteiger partial charge in [-0.05, 0) is 42.7 Å². The molecule has 0 unspecified atom stereocenters. The summed E-state index contributed by atoms with van der Waals surface area (Å²) in [7, 11) is 0. The quantitative estimate of drug-likeness (QED) is 0.668. The third kappa shape index (κ3) is 3.54. The van der Waals surface area contributed by atoms with E-state index in [9.17, 15) is 14.5 Å².